The number of hydrogen-bond donors (Lipinski definition) is 1. The highest BCUT2D eigenvalue weighted by Gasteiger charge is 2.32. The molecule has 3 rings (SSSR count). The number of carbonyl (C=O) groups is 1. The molecule has 0 aromatic carbocycles. The van der Waals surface area contributed by atoms with Crippen molar-refractivity contribution in [3.8, 4) is 0 Å². The van der Waals surface area contributed by atoms with Gasteiger partial charge in [-0.1, -0.05) is 0 Å². The van der Waals surface area contributed by atoms with Gasteiger partial charge in [0, 0.05) is 38.0 Å². The van der Waals surface area contributed by atoms with Crippen molar-refractivity contribution in [2.24, 2.45) is 7.05 Å². The Morgan fingerprint density at radius 3 is 2.72 bits per heavy atom. The molecule has 0 bridgehead atoms. The molecule has 1 fully saturated rings. The zero-order valence-corrected chi connectivity index (χ0v) is 15.6. The van der Waals surface area contributed by atoms with Crippen LogP contribution in [0.2, 0.25) is 0 Å². The van der Waals surface area contributed by atoms with E-state index in [4.69, 9.17) is 0 Å². The molecule has 0 spiro atoms. The average Bonchev–Trinajstić information content (AvgIpc) is 3.15. The summed E-state index contributed by atoms with van der Waals surface area (Å²) in [5, 5.41) is 7.49. The Morgan fingerprint density at radius 2 is 2.08 bits per heavy atom. The molecule has 7 heteroatoms. The SMILES string of the molecule is CNc1cc([C@H]2CCCN2C(=O)Cc2c(C)nn(C)c2C)nc(C)n1. The number of hydrogen-bond acceptors (Lipinski definition) is 5. The summed E-state index contributed by atoms with van der Waals surface area (Å²) in [5.74, 6) is 1.66. The molecule has 0 radical (unpaired) electrons. The lowest BCUT2D eigenvalue weighted by Gasteiger charge is -2.25. The molecule has 0 saturated carbocycles. The highest BCUT2D eigenvalue weighted by molar-refractivity contribution is 5.80. The molecule has 25 heavy (non-hydrogen) atoms. The maximum Gasteiger partial charge on any atom is 0.227 e. The molecule has 0 aliphatic carbocycles. The number of nitrogens with one attached hydrogen (secondary N) is 1. The van der Waals surface area contributed by atoms with Crippen molar-refractivity contribution in [1.29, 1.82) is 0 Å². The third kappa shape index (κ3) is 3.36. The second-order valence-corrected chi connectivity index (χ2v) is 6.67. The molecule has 2 aromatic rings. The molecule has 1 atom stereocenters. The molecule has 134 valence electrons. The van der Waals surface area contributed by atoms with Crippen LogP contribution < -0.4 is 5.32 Å². The van der Waals surface area contributed by atoms with Gasteiger partial charge in [0.2, 0.25) is 5.91 Å². The smallest absolute Gasteiger partial charge is 0.227 e. The van der Waals surface area contributed by atoms with Crippen LogP contribution in [0.4, 0.5) is 5.82 Å². The maximum absolute atomic E-state index is 13.0. The third-order valence-electron chi connectivity index (χ3n) is 5.02. The number of nitrogens with zero attached hydrogens (tertiary/aromatic N) is 5. The van der Waals surface area contributed by atoms with E-state index >= 15 is 0 Å². The predicted octanol–water partition coefficient (Wildman–Crippen LogP) is 2.08. The monoisotopic (exact) mass is 342 g/mol. The van der Waals surface area contributed by atoms with Gasteiger partial charge in [0.1, 0.15) is 11.6 Å². The van der Waals surface area contributed by atoms with E-state index in [1.807, 2.05) is 50.5 Å². The van der Waals surface area contributed by atoms with Crippen LogP contribution in [-0.4, -0.2) is 44.1 Å². The van der Waals surface area contributed by atoms with Gasteiger partial charge in [-0.25, -0.2) is 9.97 Å². The summed E-state index contributed by atoms with van der Waals surface area (Å²) in [6.07, 6.45) is 2.33. The van der Waals surface area contributed by atoms with Gasteiger partial charge >= 0.3 is 0 Å². The Bertz CT molecular complexity index is 797. The molecule has 0 unspecified atom stereocenters. The summed E-state index contributed by atoms with van der Waals surface area (Å²) in [4.78, 5) is 23.9. The van der Waals surface area contributed by atoms with Crippen LogP contribution in [0.3, 0.4) is 0 Å². The average molecular weight is 342 g/mol. The summed E-state index contributed by atoms with van der Waals surface area (Å²) in [6.45, 7) is 6.63. The number of carbonyl (C=O) groups excluding carboxylic acids is 1. The maximum atomic E-state index is 13.0. The van der Waals surface area contributed by atoms with E-state index in [1.165, 1.54) is 0 Å². The van der Waals surface area contributed by atoms with Crippen molar-refractivity contribution >= 4 is 11.7 Å². The lowest BCUT2D eigenvalue weighted by atomic mass is 10.1. The molecule has 3 heterocycles. The lowest BCUT2D eigenvalue weighted by Crippen LogP contribution is -2.32. The largest absolute Gasteiger partial charge is 0.373 e. The Hall–Kier alpha value is -2.44. The molecular weight excluding hydrogens is 316 g/mol. The van der Waals surface area contributed by atoms with Crippen molar-refractivity contribution in [3.63, 3.8) is 0 Å². The Kier molecular flexibility index (Phi) is 4.74. The van der Waals surface area contributed by atoms with Gasteiger partial charge in [-0.2, -0.15) is 5.10 Å². The van der Waals surface area contributed by atoms with E-state index in [1.54, 1.807) is 0 Å². The van der Waals surface area contributed by atoms with Gasteiger partial charge in [0.25, 0.3) is 0 Å². The molecule has 1 amide bonds. The quantitative estimate of drug-likeness (QED) is 0.921. The van der Waals surface area contributed by atoms with Gasteiger partial charge in [0.15, 0.2) is 0 Å². The topological polar surface area (TPSA) is 75.9 Å². The van der Waals surface area contributed by atoms with Crippen molar-refractivity contribution in [2.75, 3.05) is 18.9 Å². The first kappa shape index (κ1) is 17.4. The van der Waals surface area contributed by atoms with E-state index in [2.05, 4.69) is 20.4 Å². The first-order chi connectivity index (χ1) is 11.9. The number of aryl methyl sites for hydroxylation is 3. The summed E-state index contributed by atoms with van der Waals surface area (Å²) >= 11 is 0. The molecule has 1 N–H and O–H groups in total. The number of anilines is 1. The van der Waals surface area contributed by atoms with Crippen LogP contribution in [0.25, 0.3) is 0 Å². The second kappa shape index (κ2) is 6.82. The van der Waals surface area contributed by atoms with E-state index in [9.17, 15) is 4.79 Å². The van der Waals surface area contributed by atoms with Crippen LogP contribution in [0, 0.1) is 20.8 Å². The predicted molar refractivity (Wildman–Crippen MR) is 96.4 cm³/mol. The van der Waals surface area contributed by atoms with Crippen LogP contribution in [0.5, 0.6) is 0 Å². The van der Waals surface area contributed by atoms with Gasteiger partial charge in [-0.05, 0) is 33.6 Å². The normalized spacial score (nSPS) is 17.2. The zero-order valence-electron chi connectivity index (χ0n) is 15.6. The first-order valence-electron chi connectivity index (χ1n) is 8.72. The minimum absolute atomic E-state index is 0.0265. The van der Waals surface area contributed by atoms with Crippen molar-refractivity contribution in [2.45, 2.75) is 46.1 Å². The standard InChI is InChI=1S/C18H26N6O/c1-11-14(12(2)23(5)22-11)9-18(25)24-8-6-7-16(24)15-10-17(19-4)21-13(3)20-15/h10,16H,6-9H2,1-5H3,(H,19,20,21)/t16-/m1/s1. The highest BCUT2D eigenvalue weighted by Crippen LogP contribution is 2.32. The minimum atomic E-state index is 0.0265. The van der Waals surface area contributed by atoms with E-state index in [0.717, 1.165) is 53.7 Å². The molecule has 2 aromatic heterocycles. The first-order valence-corrected chi connectivity index (χ1v) is 8.72. The van der Waals surface area contributed by atoms with Crippen LogP contribution in [0.1, 0.15) is 47.4 Å². The number of amides is 1. The fourth-order valence-electron chi connectivity index (χ4n) is 3.59. The second-order valence-electron chi connectivity index (χ2n) is 6.67. The zero-order chi connectivity index (χ0) is 18.1. The van der Waals surface area contributed by atoms with Crippen molar-refractivity contribution in [1.82, 2.24) is 24.6 Å². The Labute approximate surface area is 148 Å². The van der Waals surface area contributed by atoms with Gasteiger partial charge in [-0.3, -0.25) is 9.48 Å². The molecule has 1 saturated heterocycles. The summed E-state index contributed by atoms with van der Waals surface area (Å²) in [6, 6.07) is 1.97. The Morgan fingerprint density at radius 1 is 1.32 bits per heavy atom. The third-order valence-corrected chi connectivity index (χ3v) is 5.02. The molecule has 7 nitrogen and oxygen atoms in total. The number of likely N-dealkylation sites (tertiary alicyclic amines) is 1. The van der Waals surface area contributed by atoms with Crippen LogP contribution in [0.15, 0.2) is 6.07 Å². The fraction of sp³-hybridized carbons (Fsp3) is 0.556. The molecule has 1 aliphatic rings. The fourth-order valence-corrected chi connectivity index (χ4v) is 3.59. The van der Waals surface area contributed by atoms with E-state index < -0.39 is 0 Å². The number of aromatic nitrogens is 4. The van der Waals surface area contributed by atoms with Crippen molar-refractivity contribution in [3.05, 3.63) is 34.5 Å². The summed E-state index contributed by atoms with van der Waals surface area (Å²) < 4.78 is 1.84. The van der Waals surface area contributed by atoms with Gasteiger partial charge in [0.05, 0.1) is 23.9 Å². The van der Waals surface area contributed by atoms with E-state index in [0.29, 0.717) is 6.42 Å². The molecule has 1 aliphatic heterocycles. The van der Waals surface area contributed by atoms with Crippen LogP contribution in [-0.2, 0) is 18.3 Å². The van der Waals surface area contributed by atoms with Gasteiger partial charge in [-0.15, -0.1) is 0 Å². The molecular formula is C18H26N6O. The van der Waals surface area contributed by atoms with Crippen LogP contribution >= 0.6 is 0 Å². The number of rotatable bonds is 4. The Balaban J connectivity index is 1.84. The van der Waals surface area contributed by atoms with Gasteiger partial charge < -0.3 is 10.2 Å². The summed E-state index contributed by atoms with van der Waals surface area (Å²) in [5.41, 5.74) is 3.94. The highest BCUT2D eigenvalue weighted by atomic mass is 16.2. The minimum Gasteiger partial charge on any atom is -0.373 e. The van der Waals surface area contributed by atoms with E-state index in [-0.39, 0.29) is 11.9 Å². The van der Waals surface area contributed by atoms with Crippen molar-refractivity contribution < 1.29 is 4.79 Å². The lowest BCUT2D eigenvalue weighted by molar-refractivity contribution is -0.131. The summed E-state index contributed by atoms with van der Waals surface area (Å²) in [7, 11) is 3.76.